The highest BCUT2D eigenvalue weighted by Gasteiger charge is 2.27. The number of hydrogen-bond acceptors (Lipinski definition) is 2. The van der Waals surface area contributed by atoms with Gasteiger partial charge in [0.25, 0.3) is 10.0 Å². The quantitative estimate of drug-likeness (QED) is 0.853. The number of hydrogen-bond donors (Lipinski definition) is 0. The molecule has 0 amide bonds. The van der Waals surface area contributed by atoms with Crippen molar-refractivity contribution in [2.45, 2.75) is 11.8 Å². The second kappa shape index (κ2) is 5.99. The molecule has 0 N–H and O–H groups in total. The van der Waals surface area contributed by atoms with E-state index in [2.05, 4.69) is 0 Å². The number of anilines is 1. The predicted octanol–water partition coefficient (Wildman–Crippen LogP) is 3.83. The molecule has 0 saturated heterocycles. The molecule has 0 heterocycles. The molecule has 0 aliphatic heterocycles. The molecule has 0 spiro atoms. The summed E-state index contributed by atoms with van der Waals surface area (Å²) >= 11 is 5.90. The van der Waals surface area contributed by atoms with Crippen molar-refractivity contribution in [3.8, 4) is 0 Å². The Morgan fingerprint density at radius 2 is 1.81 bits per heavy atom. The van der Waals surface area contributed by atoms with Gasteiger partial charge in [-0.15, -0.1) is 0 Å². The van der Waals surface area contributed by atoms with Crippen molar-refractivity contribution in [3.63, 3.8) is 0 Å². The first-order valence-corrected chi connectivity index (χ1v) is 7.92. The van der Waals surface area contributed by atoms with Crippen LogP contribution in [-0.2, 0) is 10.0 Å². The molecule has 2 rings (SSSR count). The first kappa shape index (κ1) is 15.7. The fourth-order valence-corrected chi connectivity index (χ4v) is 3.90. The minimum atomic E-state index is -4.03. The van der Waals surface area contributed by atoms with Gasteiger partial charge in [-0.1, -0.05) is 23.7 Å². The Balaban J connectivity index is 2.58. The largest absolute Gasteiger partial charge is 0.265 e. The molecule has 21 heavy (non-hydrogen) atoms. The van der Waals surface area contributed by atoms with Crippen LogP contribution in [0, 0.1) is 11.6 Å². The molecule has 2 aromatic rings. The third kappa shape index (κ3) is 3.01. The number of halogens is 3. The smallest absolute Gasteiger partial charge is 0.264 e. The Bertz CT molecular complexity index is 765. The standard InChI is InChI=1S/C14H12ClF2NO2S/c1-2-18(13-8-7-10(16)9-12(13)17)21(19,20)14-6-4-3-5-11(14)15/h3-9H,2H2,1H3. The second-order valence-electron chi connectivity index (χ2n) is 4.20. The summed E-state index contributed by atoms with van der Waals surface area (Å²) in [6.07, 6.45) is 0. The topological polar surface area (TPSA) is 37.4 Å². The molecule has 0 bridgehead atoms. The Labute approximate surface area is 126 Å². The van der Waals surface area contributed by atoms with Crippen molar-refractivity contribution in [2.24, 2.45) is 0 Å². The summed E-state index contributed by atoms with van der Waals surface area (Å²) < 4.78 is 52.9. The van der Waals surface area contributed by atoms with E-state index >= 15 is 0 Å². The van der Waals surface area contributed by atoms with Gasteiger partial charge in [0.1, 0.15) is 16.5 Å². The SMILES string of the molecule is CCN(c1ccc(F)cc1F)S(=O)(=O)c1ccccc1Cl. The maximum Gasteiger partial charge on any atom is 0.265 e. The van der Waals surface area contributed by atoms with Crippen molar-refractivity contribution in [1.29, 1.82) is 0 Å². The first-order chi connectivity index (χ1) is 9.87. The Morgan fingerprint density at radius 1 is 1.14 bits per heavy atom. The van der Waals surface area contributed by atoms with Gasteiger partial charge in [0.2, 0.25) is 0 Å². The van der Waals surface area contributed by atoms with Crippen LogP contribution < -0.4 is 4.31 Å². The summed E-state index contributed by atoms with van der Waals surface area (Å²) in [5.41, 5.74) is -0.223. The Kier molecular flexibility index (Phi) is 4.49. The van der Waals surface area contributed by atoms with Gasteiger partial charge in [0.15, 0.2) is 0 Å². The van der Waals surface area contributed by atoms with Crippen LogP contribution >= 0.6 is 11.6 Å². The van der Waals surface area contributed by atoms with Crippen LogP contribution in [0.25, 0.3) is 0 Å². The van der Waals surface area contributed by atoms with E-state index in [0.29, 0.717) is 6.07 Å². The van der Waals surface area contributed by atoms with Crippen LogP contribution in [-0.4, -0.2) is 15.0 Å². The van der Waals surface area contributed by atoms with E-state index < -0.39 is 21.7 Å². The summed E-state index contributed by atoms with van der Waals surface area (Å²) in [4.78, 5) is -0.128. The normalized spacial score (nSPS) is 11.4. The molecule has 0 radical (unpaired) electrons. The van der Waals surface area contributed by atoms with Crippen LogP contribution in [0.2, 0.25) is 5.02 Å². The average molecular weight is 332 g/mol. The fourth-order valence-electron chi connectivity index (χ4n) is 1.93. The van der Waals surface area contributed by atoms with E-state index in [0.717, 1.165) is 16.4 Å². The molecule has 0 unspecified atom stereocenters. The second-order valence-corrected chi connectivity index (χ2v) is 6.43. The third-order valence-electron chi connectivity index (χ3n) is 2.87. The molecule has 0 aliphatic carbocycles. The number of rotatable bonds is 4. The van der Waals surface area contributed by atoms with Gasteiger partial charge >= 0.3 is 0 Å². The lowest BCUT2D eigenvalue weighted by molar-refractivity contribution is 0.574. The minimum absolute atomic E-state index is 0.0177. The van der Waals surface area contributed by atoms with Crippen LogP contribution in [0.4, 0.5) is 14.5 Å². The molecule has 0 fully saturated rings. The zero-order chi connectivity index (χ0) is 15.6. The van der Waals surface area contributed by atoms with Crippen molar-refractivity contribution < 1.29 is 17.2 Å². The highest BCUT2D eigenvalue weighted by Crippen LogP contribution is 2.29. The molecule has 2 aromatic carbocycles. The van der Waals surface area contributed by atoms with Gasteiger partial charge in [-0.25, -0.2) is 17.2 Å². The highest BCUT2D eigenvalue weighted by atomic mass is 35.5. The maximum absolute atomic E-state index is 13.9. The molecule has 0 aromatic heterocycles. The molecule has 0 saturated carbocycles. The van der Waals surface area contributed by atoms with Crippen LogP contribution in [0.1, 0.15) is 6.92 Å². The van der Waals surface area contributed by atoms with Crippen LogP contribution in [0.15, 0.2) is 47.4 Å². The molecular weight excluding hydrogens is 320 g/mol. The van der Waals surface area contributed by atoms with E-state index in [1.165, 1.54) is 18.2 Å². The van der Waals surface area contributed by atoms with Gasteiger partial charge in [-0.2, -0.15) is 0 Å². The highest BCUT2D eigenvalue weighted by molar-refractivity contribution is 7.93. The first-order valence-electron chi connectivity index (χ1n) is 6.10. The summed E-state index contributed by atoms with van der Waals surface area (Å²) in [6, 6.07) is 8.61. The summed E-state index contributed by atoms with van der Waals surface area (Å²) in [7, 11) is -4.03. The van der Waals surface area contributed by atoms with E-state index in [9.17, 15) is 17.2 Å². The zero-order valence-electron chi connectivity index (χ0n) is 11.1. The van der Waals surface area contributed by atoms with Crippen molar-refractivity contribution in [1.82, 2.24) is 0 Å². The van der Waals surface area contributed by atoms with E-state index in [1.807, 2.05) is 0 Å². The van der Waals surface area contributed by atoms with Crippen molar-refractivity contribution >= 4 is 27.3 Å². The van der Waals surface area contributed by atoms with Gasteiger partial charge in [-0.3, -0.25) is 4.31 Å². The lowest BCUT2D eigenvalue weighted by atomic mass is 10.3. The lowest BCUT2D eigenvalue weighted by Crippen LogP contribution is -2.31. The number of sulfonamides is 1. The number of benzene rings is 2. The summed E-state index contributed by atoms with van der Waals surface area (Å²) in [6.45, 7) is 1.54. The Morgan fingerprint density at radius 3 is 2.38 bits per heavy atom. The molecule has 7 heteroatoms. The van der Waals surface area contributed by atoms with Gasteiger partial charge in [0, 0.05) is 12.6 Å². The molecular formula is C14H12ClF2NO2S. The fraction of sp³-hybridized carbons (Fsp3) is 0.143. The number of nitrogens with zero attached hydrogens (tertiary/aromatic N) is 1. The molecule has 112 valence electrons. The van der Waals surface area contributed by atoms with E-state index in [-0.39, 0.29) is 22.2 Å². The molecule has 0 aliphatic rings. The minimum Gasteiger partial charge on any atom is -0.264 e. The van der Waals surface area contributed by atoms with Crippen molar-refractivity contribution in [2.75, 3.05) is 10.8 Å². The molecule has 0 atom stereocenters. The third-order valence-corrected chi connectivity index (χ3v) is 5.26. The maximum atomic E-state index is 13.9. The monoisotopic (exact) mass is 331 g/mol. The van der Waals surface area contributed by atoms with Crippen LogP contribution in [0.5, 0.6) is 0 Å². The zero-order valence-corrected chi connectivity index (χ0v) is 12.6. The predicted molar refractivity (Wildman–Crippen MR) is 78.0 cm³/mol. The lowest BCUT2D eigenvalue weighted by Gasteiger charge is -2.23. The Hall–Kier alpha value is -1.66. The van der Waals surface area contributed by atoms with Crippen molar-refractivity contribution in [3.05, 3.63) is 59.1 Å². The van der Waals surface area contributed by atoms with Gasteiger partial charge in [-0.05, 0) is 31.2 Å². The summed E-state index contributed by atoms with van der Waals surface area (Å²) in [5, 5.41) is 0.0402. The van der Waals surface area contributed by atoms with Gasteiger partial charge < -0.3 is 0 Å². The van der Waals surface area contributed by atoms with Crippen LogP contribution in [0.3, 0.4) is 0 Å². The van der Waals surface area contributed by atoms with Gasteiger partial charge in [0.05, 0.1) is 10.7 Å². The summed E-state index contributed by atoms with van der Waals surface area (Å²) in [5.74, 6) is -1.73. The molecule has 3 nitrogen and oxygen atoms in total. The van der Waals surface area contributed by atoms with E-state index in [4.69, 9.17) is 11.6 Å². The average Bonchev–Trinajstić information content (AvgIpc) is 2.42. The van der Waals surface area contributed by atoms with E-state index in [1.54, 1.807) is 13.0 Å².